The second-order valence-electron chi connectivity index (χ2n) is 6.18. The molecule has 3 heterocycles. The van der Waals surface area contributed by atoms with Gasteiger partial charge in [0.05, 0.1) is 6.54 Å². The standard InChI is InChI=1S/C15H23FN4O2/c16-11-8-20(7-6-13(11)22-18)15(21)14-10-3-1-2-9(19-14)4-5-12(10)17/h4,11,13-14,19H,1-3,5-8,17-18H2. The first-order valence-electron chi connectivity index (χ1n) is 7.81. The Morgan fingerprint density at radius 2 is 2.27 bits per heavy atom. The molecule has 2 bridgehead atoms. The molecule has 3 aliphatic heterocycles. The normalized spacial score (nSPS) is 32.2. The van der Waals surface area contributed by atoms with Crippen molar-refractivity contribution in [3.8, 4) is 0 Å². The zero-order chi connectivity index (χ0) is 15.7. The Kier molecular flexibility index (Phi) is 4.35. The van der Waals surface area contributed by atoms with Crippen LogP contribution >= 0.6 is 0 Å². The summed E-state index contributed by atoms with van der Waals surface area (Å²) in [6, 6.07) is -0.459. The zero-order valence-corrected chi connectivity index (χ0v) is 12.6. The van der Waals surface area contributed by atoms with Gasteiger partial charge < -0.3 is 16.0 Å². The predicted octanol–water partition coefficient (Wildman–Crippen LogP) is 0.458. The number of rotatable bonds is 2. The number of halogens is 1. The van der Waals surface area contributed by atoms with E-state index in [1.54, 1.807) is 4.90 Å². The number of allylic oxidation sites excluding steroid dienone is 2. The predicted molar refractivity (Wildman–Crippen MR) is 79.8 cm³/mol. The number of hydrogen-bond acceptors (Lipinski definition) is 5. The summed E-state index contributed by atoms with van der Waals surface area (Å²) in [5.41, 5.74) is 8.91. The number of fused-ring (bicyclic) bond motifs is 3. The van der Waals surface area contributed by atoms with Crippen molar-refractivity contribution in [3.63, 3.8) is 0 Å². The summed E-state index contributed by atoms with van der Waals surface area (Å²) in [5, 5.41) is 3.30. The van der Waals surface area contributed by atoms with Crippen molar-refractivity contribution in [2.75, 3.05) is 13.1 Å². The molecular formula is C15H23FN4O2. The fraction of sp³-hybridized carbons (Fsp3) is 0.667. The zero-order valence-electron chi connectivity index (χ0n) is 12.6. The molecule has 0 saturated carbocycles. The maximum atomic E-state index is 14.0. The van der Waals surface area contributed by atoms with Crippen LogP contribution in [0.15, 0.2) is 23.0 Å². The molecule has 5 N–H and O–H groups in total. The lowest BCUT2D eigenvalue weighted by molar-refractivity contribution is -0.138. The minimum absolute atomic E-state index is 0.0190. The van der Waals surface area contributed by atoms with Crippen LogP contribution in [0.4, 0.5) is 4.39 Å². The van der Waals surface area contributed by atoms with Gasteiger partial charge in [0.1, 0.15) is 18.3 Å². The lowest BCUT2D eigenvalue weighted by Crippen LogP contribution is -2.54. The highest BCUT2D eigenvalue weighted by Gasteiger charge is 2.37. The number of carbonyl (C=O) groups is 1. The van der Waals surface area contributed by atoms with E-state index in [1.807, 2.05) is 6.08 Å². The number of piperidine rings is 1. The Morgan fingerprint density at radius 3 is 3.00 bits per heavy atom. The second kappa shape index (κ2) is 6.26. The van der Waals surface area contributed by atoms with E-state index in [-0.39, 0.29) is 12.5 Å². The average Bonchev–Trinajstić information content (AvgIpc) is 2.81. The Hall–Kier alpha value is -1.60. The molecule has 0 aromatic rings. The lowest BCUT2D eigenvalue weighted by atomic mass is 9.96. The molecule has 22 heavy (non-hydrogen) atoms. The van der Waals surface area contributed by atoms with Crippen molar-refractivity contribution in [2.24, 2.45) is 11.6 Å². The summed E-state index contributed by atoms with van der Waals surface area (Å²) in [4.78, 5) is 19.0. The molecule has 1 amide bonds. The van der Waals surface area contributed by atoms with Crippen molar-refractivity contribution in [1.82, 2.24) is 10.2 Å². The quantitative estimate of drug-likeness (QED) is 0.644. The minimum atomic E-state index is -1.25. The van der Waals surface area contributed by atoms with Crippen LogP contribution < -0.4 is 16.9 Å². The fourth-order valence-corrected chi connectivity index (χ4v) is 3.46. The molecule has 122 valence electrons. The van der Waals surface area contributed by atoms with E-state index in [9.17, 15) is 9.18 Å². The number of hydrogen-bond donors (Lipinski definition) is 3. The molecule has 2 saturated heterocycles. The molecule has 3 aliphatic rings. The van der Waals surface area contributed by atoms with Crippen LogP contribution in [0.2, 0.25) is 0 Å². The summed E-state index contributed by atoms with van der Waals surface area (Å²) in [6.45, 7) is 0.469. The molecule has 0 aromatic heterocycles. The van der Waals surface area contributed by atoms with Gasteiger partial charge in [-0.3, -0.25) is 9.63 Å². The maximum Gasteiger partial charge on any atom is 0.249 e. The molecule has 3 unspecified atom stereocenters. The van der Waals surface area contributed by atoms with Crippen LogP contribution in [0, 0.1) is 0 Å². The maximum absolute atomic E-state index is 14.0. The molecular weight excluding hydrogens is 287 g/mol. The van der Waals surface area contributed by atoms with Crippen molar-refractivity contribution < 1.29 is 14.0 Å². The van der Waals surface area contributed by atoms with Crippen LogP contribution in [0.25, 0.3) is 0 Å². The van der Waals surface area contributed by atoms with Crippen molar-refractivity contribution in [1.29, 1.82) is 0 Å². The minimum Gasteiger partial charge on any atom is -0.402 e. The summed E-state index contributed by atoms with van der Waals surface area (Å²) >= 11 is 0. The Balaban J connectivity index is 1.77. The third-order valence-corrected chi connectivity index (χ3v) is 4.77. The topological polar surface area (TPSA) is 93.6 Å². The van der Waals surface area contributed by atoms with Crippen molar-refractivity contribution >= 4 is 5.91 Å². The molecule has 3 rings (SSSR count). The SMILES string of the molecule is NOC1CCN(C(=O)C2NC3=CCC(N)=C2CCC3)CC1F. The van der Waals surface area contributed by atoms with Crippen LogP contribution in [0.1, 0.15) is 32.1 Å². The van der Waals surface area contributed by atoms with Gasteiger partial charge in [-0.1, -0.05) is 6.08 Å². The molecule has 7 heteroatoms. The van der Waals surface area contributed by atoms with E-state index in [4.69, 9.17) is 11.6 Å². The highest BCUT2D eigenvalue weighted by Crippen LogP contribution is 2.29. The number of nitrogens with one attached hydrogen (secondary N) is 1. The number of carbonyl (C=O) groups excluding carboxylic acids is 1. The number of nitrogens with zero attached hydrogens (tertiary/aromatic N) is 1. The third kappa shape index (κ3) is 2.83. The molecule has 0 spiro atoms. The number of likely N-dealkylation sites (tertiary alicyclic amines) is 1. The van der Waals surface area contributed by atoms with E-state index in [1.165, 1.54) is 0 Å². The molecule has 0 radical (unpaired) electrons. The molecule has 6 nitrogen and oxygen atoms in total. The highest BCUT2D eigenvalue weighted by atomic mass is 19.1. The Bertz CT molecular complexity index is 520. The summed E-state index contributed by atoms with van der Waals surface area (Å²) in [7, 11) is 0. The Labute approximate surface area is 129 Å². The highest BCUT2D eigenvalue weighted by molar-refractivity contribution is 5.86. The van der Waals surface area contributed by atoms with E-state index < -0.39 is 18.3 Å². The molecule has 3 atom stereocenters. The van der Waals surface area contributed by atoms with E-state index >= 15 is 0 Å². The summed E-state index contributed by atoms with van der Waals surface area (Å²) < 4.78 is 14.0. The first-order valence-corrected chi connectivity index (χ1v) is 7.81. The van der Waals surface area contributed by atoms with Gasteiger partial charge in [-0.2, -0.15) is 0 Å². The Morgan fingerprint density at radius 1 is 1.45 bits per heavy atom. The van der Waals surface area contributed by atoms with Gasteiger partial charge in [-0.15, -0.1) is 0 Å². The van der Waals surface area contributed by atoms with E-state index in [2.05, 4.69) is 10.2 Å². The van der Waals surface area contributed by atoms with Gasteiger partial charge in [0.25, 0.3) is 0 Å². The van der Waals surface area contributed by atoms with Crippen LogP contribution in [0.3, 0.4) is 0 Å². The third-order valence-electron chi connectivity index (χ3n) is 4.77. The largest absolute Gasteiger partial charge is 0.402 e. The van der Waals surface area contributed by atoms with Crippen molar-refractivity contribution in [3.05, 3.63) is 23.0 Å². The number of nitrogens with two attached hydrogens (primary N) is 2. The van der Waals surface area contributed by atoms with Crippen molar-refractivity contribution in [2.45, 2.75) is 50.4 Å². The first kappa shape index (κ1) is 15.3. The van der Waals surface area contributed by atoms with Crippen LogP contribution in [0.5, 0.6) is 0 Å². The van der Waals surface area contributed by atoms with Crippen LogP contribution in [-0.2, 0) is 9.63 Å². The lowest BCUT2D eigenvalue weighted by Gasteiger charge is -2.36. The van der Waals surface area contributed by atoms with E-state index in [0.29, 0.717) is 19.4 Å². The van der Waals surface area contributed by atoms with Gasteiger partial charge in [0.15, 0.2) is 0 Å². The average molecular weight is 310 g/mol. The van der Waals surface area contributed by atoms with Gasteiger partial charge in [0.2, 0.25) is 5.91 Å². The second-order valence-corrected chi connectivity index (χ2v) is 6.18. The molecule has 0 aromatic carbocycles. The van der Waals surface area contributed by atoms with Gasteiger partial charge in [-0.05, 0) is 31.3 Å². The molecule has 2 fully saturated rings. The van der Waals surface area contributed by atoms with Crippen LogP contribution in [-0.4, -0.2) is 42.2 Å². The summed E-state index contributed by atoms with van der Waals surface area (Å²) in [5.74, 6) is 4.97. The van der Waals surface area contributed by atoms with E-state index in [0.717, 1.165) is 36.2 Å². The summed E-state index contributed by atoms with van der Waals surface area (Å²) in [6.07, 6.45) is 3.98. The molecule has 0 aliphatic carbocycles. The smallest absolute Gasteiger partial charge is 0.249 e. The first-order chi connectivity index (χ1) is 10.6. The van der Waals surface area contributed by atoms with Gasteiger partial charge in [-0.25, -0.2) is 10.3 Å². The monoisotopic (exact) mass is 310 g/mol. The number of alkyl halides is 1. The number of amides is 1. The van der Waals surface area contributed by atoms with Gasteiger partial charge in [0, 0.05) is 24.4 Å². The fourth-order valence-electron chi connectivity index (χ4n) is 3.46. The van der Waals surface area contributed by atoms with Gasteiger partial charge >= 0.3 is 0 Å².